The third kappa shape index (κ3) is 9.48. The molecular weight excluding hydrogens is 138 g/mol. The van der Waals surface area contributed by atoms with Crippen molar-refractivity contribution in [3.8, 4) is 12.3 Å². The minimum Gasteiger partial charge on any atom is -0.375 e. The van der Waals surface area contributed by atoms with Gasteiger partial charge in [0.05, 0.1) is 18.8 Å². The smallest absolute Gasteiger partial charge is 0.0599 e. The molecule has 64 valence electrons. The first-order valence-electron chi connectivity index (χ1n) is 3.84. The van der Waals surface area contributed by atoms with Crippen LogP contribution in [0.5, 0.6) is 0 Å². The van der Waals surface area contributed by atoms with Gasteiger partial charge in [-0.2, -0.15) is 0 Å². The van der Waals surface area contributed by atoms with E-state index in [2.05, 4.69) is 11.2 Å². The van der Waals surface area contributed by atoms with E-state index in [-0.39, 0.29) is 5.60 Å². The summed E-state index contributed by atoms with van der Waals surface area (Å²) in [6, 6.07) is 0. The molecule has 0 amide bonds. The van der Waals surface area contributed by atoms with Crippen molar-refractivity contribution in [1.82, 2.24) is 5.32 Å². The third-order valence-corrected chi connectivity index (χ3v) is 1.04. The maximum atomic E-state index is 5.44. The fourth-order valence-electron chi connectivity index (χ4n) is 0.590. The van der Waals surface area contributed by atoms with Crippen molar-refractivity contribution in [1.29, 1.82) is 0 Å². The van der Waals surface area contributed by atoms with Crippen molar-refractivity contribution in [3.63, 3.8) is 0 Å². The normalized spacial score (nSPS) is 11.1. The summed E-state index contributed by atoms with van der Waals surface area (Å²) >= 11 is 0. The highest BCUT2D eigenvalue weighted by atomic mass is 16.5. The number of hydrogen-bond donors (Lipinski definition) is 1. The van der Waals surface area contributed by atoms with Crippen LogP contribution in [0.3, 0.4) is 0 Å². The van der Waals surface area contributed by atoms with Gasteiger partial charge in [-0.1, -0.05) is 5.92 Å². The van der Waals surface area contributed by atoms with Gasteiger partial charge >= 0.3 is 0 Å². The van der Waals surface area contributed by atoms with E-state index in [4.69, 9.17) is 11.2 Å². The second-order valence-corrected chi connectivity index (χ2v) is 3.34. The molecule has 2 nitrogen and oxygen atoms in total. The molecule has 0 aromatic rings. The van der Waals surface area contributed by atoms with E-state index in [1.807, 2.05) is 20.8 Å². The average molecular weight is 155 g/mol. The summed E-state index contributed by atoms with van der Waals surface area (Å²) in [6.45, 7) is 8.26. The molecule has 0 unspecified atom stereocenters. The Labute approximate surface area is 69.3 Å². The first-order valence-corrected chi connectivity index (χ1v) is 3.84. The summed E-state index contributed by atoms with van der Waals surface area (Å²) < 4.78 is 5.44. The molecule has 0 bridgehead atoms. The second kappa shape index (κ2) is 5.17. The number of ether oxygens (including phenoxy) is 1. The lowest BCUT2D eigenvalue weighted by atomic mass is 10.2. The summed E-state index contributed by atoms with van der Waals surface area (Å²) in [5.74, 6) is 2.50. The lowest BCUT2D eigenvalue weighted by molar-refractivity contribution is -0.000465. The third-order valence-electron chi connectivity index (χ3n) is 1.04. The Kier molecular flexibility index (Phi) is 4.93. The average Bonchev–Trinajstić information content (AvgIpc) is 1.85. The molecule has 0 radical (unpaired) electrons. The largest absolute Gasteiger partial charge is 0.375 e. The van der Waals surface area contributed by atoms with E-state index in [1.54, 1.807) is 0 Å². The van der Waals surface area contributed by atoms with Gasteiger partial charge in [0.2, 0.25) is 0 Å². The molecule has 11 heavy (non-hydrogen) atoms. The molecule has 0 aromatic heterocycles. The molecule has 0 aromatic carbocycles. The Morgan fingerprint density at radius 2 is 2.09 bits per heavy atom. The zero-order valence-corrected chi connectivity index (χ0v) is 7.61. The topological polar surface area (TPSA) is 21.3 Å². The Bertz CT molecular complexity index is 129. The van der Waals surface area contributed by atoms with Crippen LogP contribution >= 0.6 is 0 Å². The number of hydrogen-bond acceptors (Lipinski definition) is 2. The standard InChI is InChI=1S/C9H17NO/c1-5-6-10-7-8-11-9(2,3)4/h1,10H,6-8H2,2-4H3. The molecule has 0 heterocycles. The number of terminal acetylenes is 1. The molecule has 0 aliphatic carbocycles. The van der Waals surface area contributed by atoms with Crippen molar-refractivity contribution < 1.29 is 4.74 Å². The van der Waals surface area contributed by atoms with Crippen molar-refractivity contribution in [3.05, 3.63) is 0 Å². The fourth-order valence-corrected chi connectivity index (χ4v) is 0.590. The Morgan fingerprint density at radius 3 is 2.55 bits per heavy atom. The Balaban J connectivity index is 3.10. The summed E-state index contributed by atoms with van der Waals surface area (Å²) in [6.07, 6.45) is 5.04. The van der Waals surface area contributed by atoms with Crippen molar-refractivity contribution in [2.45, 2.75) is 26.4 Å². The summed E-state index contributed by atoms with van der Waals surface area (Å²) in [4.78, 5) is 0. The Morgan fingerprint density at radius 1 is 1.45 bits per heavy atom. The quantitative estimate of drug-likeness (QED) is 0.483. The zero-order valence-electron chi connectivity index (χ0n) is 7.61. The first kappa shape index (κ1) is 10.5. The van der Waals surface area contributed by atoms with E-state index in [1.165, 1.54) is 0 Å². The highest BCUT2D eigenvalue weighted by molar-refractivity contribution is 4.86. The summed E-state index contributed by atoms with van der Waals surface area (Å²) in [5, 5.41) is 3.05. The molecule has 0 saturated heterocycles. The molecule has 2 heteroatoms. The van der Waals surface area contributed by atoms with Gasteiger partial charge in [-0.25, -0.2) is 0 Å². The minimum atomic E-state index is -0.0438. The maximum Gasteiger partial charge on any atom is 0.0599 e. The van der Waals surface area contributed by atoms with Gasteiger partial charge in [-0.05, 0) is 20.8 Å². The predicted octanol–water partition coefficient (Wildman–Crippen LogP) is 1.02. The molecule has 0 atom stereocenters. The van der Waals surface area contributed by atoms with Gasteiger partial charge in [0.15, 0.2) is 0 Å². The molecule has 0 saturated carbocycles. The van der Waals surface area contributed by atoms with Gasteiger partial charge in [0.25, 0.3) is 0 Å². The lowest BCUT2D eigenvalue weighted by Gasteiger charge is -2.19. The van der Waals surface area contributed by atoms with E-state index < -0.39 is 0 Å². The van der Waals surface area contributed by atoms with Gasteiger partial charge in [0.1, 0.15) is 0 Å². The van der Waals surface area contributed by atoms with Crippen LogP contribution in [0.1, 0.15) is 20.8 Å². The zero-order chi connectivity index (χ0) is 8.74. The molecule has 0 aliphatic heterocycles. The van der Waals surface area contributed by atoms with Crippen LogP contribution in [0.15, 0.2) is 0 Å². The first-order chi connectivity index (χ1) is 5.06. The van der Waals surface area contributed by atoms with E-state index in [0.29, 0.717) is 13.2 Å². The van der Waals surface area contributed by atoms with Crippen LogP contribution in [0.2, 0.25) is 0 Å². The van der Waals surface area contributed by atoms with Crippen LogP contribution < -0.4 is 5.32 Å². The minimum absolute atomic E-state index is 0.0438. The molecule has 1 N–H and O–H groups in total. The lowest BCUT2D eigenvalue weighted by Crippen LogP contribution is -2.26. The highest BCUT2D eigenvalue weighted by Crippen LogP contribution is 2.04. The summed E-state index contributed by atoms with van der Waals surface area (Å²) in [7, 11) is 0. The Hall–Kier alpha value is -0.520. The van der Waals surface area contributed by atoms with Crippen LogP contribution in [-0.4, -0.2) is 25.3 Å². The SMILES string of the molecule is C#CCNCCOC(C)(C)C. The van der Waals surface area contributed by atoms with E-state index in [0.717, 1.165) is 6.54 Å². The molecular formula is C9H17NO. The van der Waals surface area contributed by atoms with Crippen LogP contribution in [0, 0.1) is 12.3 Å². The molecule has 0 spiro atoms. The second-order valence-electron chi connectivity index (χ2n) is 3.34. The maximum absolute atomic E-state index is 5.44. The summed E-state index contributed by atoms with van der Waals surface area (Å²) in [5.41, 5.74) is -0.0438. The van der Waals surface area contributed by atoms with Gasteiger partial charge in [0, 0.05) is 6.54 Å². The predicted molar refractivity (Wildman–Crippen MR) is 47.4 cm³/mol. The van der Waals surface area contributed by atoms with Crippen molar-refractivity contribution >= 4 is 0 Å². The van der Waals surface area contributed by atoms with E-state index in [9.17, 15) is 0 Å². The van der Waals surface area contributed by atoms with Gasteiger partial charge < -0.3 is 10.1 Å². The van der Waals surface area contributed by atoms with Crippen molar-refractivity contribution in [2.24, 2.45) is 0 Å². The molecule has 0 rings (SSSR count). The van der Waals surface area contributed by atoms with Crippen LogP contribution in [-0.2, 0) is 4.74 Å². The number of rotatable bonds is 4. The monoisotopic (exact) mass is 155 g/mol. The van der Waals surface area contributed by atoms with Crippen LogP contribution in [0.4, 0.5) is 0 Å². The molecule has 0 aliphatic rings. The van der Waals surface area contributed by atoms with Gasteiger partial charge in [-0.15, -0.1) is 6.42 Å². The van der Waals surface area contributed by atoms with E-state index >= 15 is 0 Å². The number of nitrogens with one attached hydrogen (secondary N) is 1. The fraction of sp³-hybridized carbons (Fsp3) is 0.778. The highest BCUT2D eigenvalue weighted by Gasteiger charge is 2.08. The van der Waals surface area contributed by atoms with Crippen LogP contribution in [0.25, 0.3) is 0 Å². The van der Waals surface area contributed by atoms with Crippen molar-refractivity contribution in [2.75, 3.05) is 19.7 Å². The van der Waals surface area contributed by atoms with Gasteiger partial charge in [-0.3, -0.25) is 0 Å². The molecule has 0 fully saturated rings.